The Bertz CT molecular complexity index is 1410. The largest absolute Gasteiger partial charge is 0.481 e. The average molecular weight is 563 g/mol. The number of allylic oxidation sites excluding steroid dienone is 2. The van der Waals surface area contributed by atoms with Crippen molar-refractivity contribution in [2.45, 2.75) is 51.5 Å². The van der Waals surface area contributed by atoms with Crippen LogP contribution >= 0.6 is 0 Å². The quantitative estimate of drug-likeness (QED) is 0.274. The average Bonchev–Trinajstić information content (AvgIpc) is 2.99. The number of carboxylic acids is 1. The van der Waals surface area contributed by atoms with Crippen molar-refractivity contribution < 1.29 is 23.4 Å². The second-order valence-electron chi connectivity index (χ2n) is 11.1. The Kier molecular flexibility index (Phi) is 9.46. The zero-order valence-electron chi connectivity index (χ0n) is 23.1. The number of nitrogens with zero attached hydrogens (tertiary/aromatic N) is 3. The van der Waals surface area contributed by atoms with Crippen LogP contribution in [-0.2, 0) is 16.1 Å². The van der Waals surface area contributed by atoms with Gasteiger partial charge in [-0.2, -0.15) is 0 Å². The normalized spacial score (nSPS) is 20.3. The minimum Gasteiger partial charge on any atom is -0.481 e. The molecule has 2 aromatic carbocycles. The Morgan fingerprint density at radius 3 is 2.49 bits per heavy atom. The van der Waals surface area contributed by atoms with E-state index in [0.717, 1.165) is 38.5 Å². The molecule has 1 aliphatic carbocycles. The van der Waals surface area contributed by atoms with Crippen LogP contribution in [0.4, 0.5) is 8.78 Å². The van der Waals surface area contributed by atoms with E-state index in [-0.39, 0.29) is 18.5 Å². The molecule has 2 aliphatic rings. The third kappa shape index (κ3) is 7.21. The van der Waals surface area contributed by atoms with Crippen LogP contribution in [0, 0.1) is 28.9 Å². The molecule has 1 aromatic heterocycles. The third-order valence-corrected chi connectivity index (χ3v) is 8.37. The molecule has 41 heavy (non-hydrogen) atoms. The highest BCUT2D eigenvalue weighted by Gasteiger charge is 2.22. The summed E-state index contributed by atoms with van der Waals surface area (Å²) in [6, 6.07) is 8.12. The fraction of sp³-hybridized carbons (Fsp3) is 0.438. The number of ether oxygens (including phenoxy) is 1. The molecule has 0 spiro atoms. The van der Waals surface area contributed by atoms with Gasteiger partial charge in [0.25, 0.3) is 0 Å². The van der Waals surface area contributed by atoms with E-state index < -0.39 is 17.6 Å². The number of fused-ring (bicyclic) bond motifs is 1. The van der Waals surface area contributed by atoms with Crippen molar-refractivity contribution in [3.05, 3.63) is 65.5 Å². The van der Waals surface area contributed by atoms with Gasteiger partial charge in [0.2, 0.25) is 0 Å². The number of hydrogen-bond acceptors (Lipinski definition) is 6. The van der Waals surface area contributed by atoms with Gasteiger partial charge in [0, 0.05) is 49.0 Å². The van der Waals surface area contributed by atoms with Gasteiger partial charge in [-0.05, 0) is 61.3 Å². The SMILES string of the molecule is N=C/C(=C\CC1CCC(CCC(=O)O)CC1)c1cnc2cccc(-c3cc(F)c(CN4CCOCC4)c(F)c3)c2n1. The summed E-state index contributed by atoms with van der Waals surface area (Å²) in [6.45, 7) is 2.58. The molecular weight excluding hydrogens is 526 g/mol. The highest BCUT2D eigenvalue weighted by atomic mass is 19.1. The predicted molar refractivity (Wildman–Crippen MR) is 155 cm³/mol. The molecule has 7 nitrogen and oxygen atoms in total. The first-order chi connectivity index (χ1) is 19.9. The molecule has 1 saturated heterocycles. The Morgan fingerprint density at radius 2 is 1.80 bits per heavy atom. The van der Waals surface area contributed by atoms with Crippen LogP contribution in [-0.4, -0.2) is 58.5 Å². The number of morpholine rings is 1. The lowest BCUT2D eigenvalue weighted by atomic mass is 9.78. The van der Waals surface area contributed by atoms with E-state index >= 15 is 8.78 Å². The smallest absolute Gasteiger partial charge is 0.303 e. The van der Waals surface area contributed by atoms with E-state index in [1.54, 1.807) is 18.3 Å². The highest BCUT2D eigenvalue weighted by Crippen LogP contribution is 2.34. The second-order valence-corrected chi connectivity index (χ2v) is 11.1. The summed E-state index contributed by atoms with van der Waals surface area (Å²) in [4.78, 5) is 22.2. The minimum atomic E-state index is -0.735. The van der Waals surface area contributed by atoms with Gasteiger partial charge in [-0.25, -0.2) is 13.8 Å². The summed E-state index contributed by atoms with van der Waals surface area (Å²) in [6.07, 6.45) is 10.8. The van der Waals surface area contributed by atoms with Crippen LogP contribution in [0.2, 0.25) is 0 Å². The summed E-state index contributed by atoms with van der Waals surface area (Å²) < 4.78 is 35.7. The summed E-state index contributed by atoms with van der Waals surface area (Å²) in [5.41, 5.74) is 3.34. The van der Waals surface area contributed by atoms with E-state index in [1.165, 1.54) is 18.3 Å². The van der Waals surface area contributed by atoms with E-state index in [1.807, 2.05) is 17.0 Å². The fourth-order valence-corrected chi connectivity index (χ4v) is 5.91. The lowest BCUT2D eigenvalue weighted by molar-refractivity contribution is -0.137. The monoisotopic (exact) mass is 562 g/mol. The molecule has 0 amide bonds. The maximum atomic E-state index is 15.2. The lowest BCUT2D eigenvalue weighted by Gasteiger charge is -2.27. The van der Waals surface area contributed by atoms with E-state index in [2.05, 4.69) is 4.98 Å². The zero-order valence-corrected chi connectivity index (χ0v) is 23.1. The standard InChI is InChI=1S/C32H36F2N4O3/c33-27-16-24(17-28(34)26(27)20-38-12-14-41-15-13-38)25-2-1-3-29-32(25)37-30(19-36-29)23(18-35)10-8-21-4-6-22(7-5-21)9-11-31(39)40/h1-3,10,16-19,21-22,35H,4-9,11-15,20H2,(H,39,40)/b23-10+,35-18?. The lowest BCUT2D eigenvalue weighted by Crippen LogP contribution is -2.36. The Hall–Kier alpha value is -3.56. The number of aromatic nitrogens is 2. The summed E-state index contributed by atoms with van der Waals surface area (Å²) in [7, 11) is 0. The van der Waals surface area contributed by atoms with Crippen molar-refractivity contribution in [1.29, 1.82) is 5.41 Å². The summed E-state index contributed by atoms with van der Waals surface area (Å²) in [5.74, 6) is -0.963. The Balaban J connectivity index is 1.34. The summed E-state index contributed by atoms with van der Waals surface area (Å²) in [5, 5.41) is 17.0. The van der Waals surface area contributed by atoms with Crippen molar-refractivity contribution in [1.82, 2.24) is 14.9 Å². The second kappa shape index (κ2) is 13.4. The third-order valence-electron chi connectivity index (χ3n) is 8.37. The molecule has 0 radical (unpaired) electrons. The number of nitrogens with one attached hydrogen (secondary N) is 1. The van der Waals surface area contributed by atoms with Crippen LogP contribution in [0.5, 0.6) is 0 Å². The van der Waals surface area contributed by atoms with Gasteiger partial charge in [-0.15, -0.1) is 0 Å². The van der Waals surface area contributed by atoms with Gasteiger partial charge >= 0.3 is 5.97 Å². The molecule has 1 aliphatic heterocycles. The molecule has 2 fully saturated rings. The van der Waals surface area contributed by atoms with Crippen LogP contribution in [0.1, 0.15) is 56.2 Å². The highest BCUT2D eigenvalue weighted by molar-refractivity contribution is 6.08. The number of para-hydroxylation sites is 1. The fourth-order valence-electron chi connectivity index (χ4n) is 5.91. The Labute approximate surface area is 238 Å². The molecule has 2 heterocycles. The van der Waals surface area contributed by atoms with E-state index in [4.69, 9.17) is 20.2 Å². The van der Waals surface area contributed by atoms with Crippen molar-refractivity contribution in [2.75, 3.05) is 26.3 Å². The first-order valence-corrected chi connectivity index (χ1v) is 14.4. The molecule has 1 saturated carbocycles. The maximum absolute atomic E-state index is 15.2. The Morgan fingerprint density at radius 1 is 1.10 bits per heavy atom. The van der Waals surface area contributed by atoms with Gasteiger partial charge < -0.3 is 15.3 Å². The molecule has 2 N–H and O–H groups in total. The number of benzene rings is 2. The molecule has 0 bridgehead atoms. The number of carboxylic acid groups (broad SMARTS) is 1. The van der Waals surface area contributed by atoms with Gasteiger partial charge in [-0.3, -0.25) is 14.7 Å². The van der Waals surface area contributed by atoms with Gasteiger partial charge in [0.15, 0.2) is 0 Å². The molecule has 3 aromatic rings. The molecule has 9 heteroatoms. The minimum absolute atomic E-state index is 0.0487. The van der Waals surface area contributed by atoms with Crippen LogP contribution in [0.15, 0.2) is 42.6 Å². The van der Waals surface area contributed by atoms with Gasteiger partial charge in [0.05, 0.1) is 36.1 Å². The van der Waals surface area contributed by atoms with E-state index in [9.17, 15) is 4.79 Å². The van der Waals surface area contributed by atoms with Crippen molar-refractivity contribution in [3.8, 4) is 11.1 Å². The first-order valence-electron chi connectivity index (χ1n) is 14.4. The van der Waals surface area contributed by atoms with Crippen LogP contribution in [0.25, 0.3) is 27.7 Å². The zero-order chi connectivity index (χ0) is 28.8. The molecular formula is C32H36F2N4O3. The molecule has 216 valence electrons. The predicted octanol–water partition coefficient (Wildman–Crippen LogP) is 6.50. The van der Waals surface area contributed by atoms with Crippen molar-refractivity contribution in [2.24, 2.45) is 11.8 Å². The van der Waals surface area contributed by atoms with Crippen molar-refractivity contribution >= 4 is 28.8 Å². The van der Waals surface area contributed by atoms with Crippen molar-refractivity contribution in [3.63, 3.8) is 0 Å². The van der Waals surface area contributed by atoms with Crippen LogP contribution in [0.3, 0.4) is 0 Å². The number of carbonyl (C=O) groups is 1. The topological polar surface area (TPSA) is 99.4 Å². The number of aliphatic carboxylic acids is 1. The molecule has 0 atom stereocenters. The molecule has 0 unspecified atom stereocenters. The first kappa shape index (κ1) is 29.0. The summed E-state index contributed by atoms with van der Waals surface area (Å²) >= 11 is 0. The number of rotatable bonds is 10. The number of hydrogen-bond donors (Lipinski definition) is 2. The van der Waals surface area contributed by atoms with Crippen LogP contribution < -0.4 is 0 Å². The van der Waals surface area contributed by atoms with Gasteiger partial charge in [0.1, 0.15) is 11.6 Å². The van der Waals surface area contributed by atoms with E-state index in [0.29, 0.717) is 71.6 Å². The molecule has 5 rings (SSSR count). The maximum Gasteiger partial charge on any atom is 0.303 e. The number of halogens is 2. The van der Waals surface area contributed by atoms with Gasteiger partial charge in [-0.1, -0.05) is 31.1 Å².